The predicted octanol–water partition coefficient (Wildman–Crippen LogP) is 1.30. The maximum absolute atomic E-state index is 11.1. The van der Waals surface area contributed by atoms with Gasteiger partial charge in [-0.25, -0.2) is 0 Å². The van der Waals surface area contributed by atoms with Gasteiger partial charge in [0.25, 0.3) is 0 Å². The van der Waals surface area contributed by atoms with Crippen LogP contribution in [0.5, 0.6) is 5.75 Å². The predicted molar refractivity (Wildman–Crippen MR) is 45.8 cm³/mol. The van der Waals surface area contributed by atoms with Crippen molar-refractivity contribution in [1.82, 2.24) is 0 Å². The van der Waals surface area contributed by atoms with Gasteiger partial charge in [0.2, 0.25) is 11.2 Å². The van der Waals surface area contributed by atoms with E-state index in [1.807, 2.05) is 0 Å². The zero-order valence-corrected chi connectivity index (χ0v) is 7.63. The maximum Gasteiger partial charge on any atom is 0.308 e. The van der Waals surface area contributed by atoms with E-state index >= 15 is 0 Å². The van der Waals surface area contributed by atoms with E-state index in [1.54, 1.807) is 0 Å². The second-order valence-corrected chi connectivity index (χ2v) is 2.57. The Kier molecular flexibility index (Phi) is 3.08. The summed E-state index contributed by atoms with van der Waals surface area (Å²) in [6, 6.07) is 1.19. The van der Waals surface area contributed by atoms with Crippen LogP contribution >= 0.6 is 11.6 Å². The molecule has 1 aromatic heterocycles. The highest BCUT2D eigenvalue weighted by molar-refractivity contribution is 6.16. The molecular formula is C8H7ClO4. The number of alkyl halides is 1. The Bertz CT molecular complexity index is 369. The van der Waals surface area contributed by atoms with E-state index < -0.39 is 11.4 Å². The summed E-state index contributed by atoms with van der Waals surface area (Å²) in [7, 11) is 0. The molecule has 0 aliphatic rings. The number of carbonyl (C=O) groups is 1. The van der Waals surface area contributed by atoms with Crippen LogP contribution in [0.25, 0.3) is 0 Å². The Morgan fingerprint density at radius 2 is 2.38 bits per heavy atom. The first-order chi connectivity index (χ1) is 6.13. The van der Waals surface area contributed by atoms with E-state index in [1.165, 1.54) is 13.0 Å². The standard InChI is InChI=1S/C8H7ClO4/c1-5(10)13-8-4-12-6(3-9)2-7(8)11/h2,4H,3H2,1H3. The van der Waals surface area contributed by atoms with Crippen molar-refractivity contribution in [3.05, 3.63) is 28.3 Å². The molecule has 5 heteroatoms. The normalized spacial score (nSPS) is 9.69. The van der Waals surface area contributed by atoms with E-state index in [4.69, 9.17) is 16.0 Å². The molecule has 0 saturated heterocycles. The number of ether oxygens (including phenoxy) is 1. The van der Waals surface area contributed by atoms with Crippen molar-refractivity contribution in [1.29, 1.82) is 0 Å². The maximum atomic E-state index is 11.1. The van der Waals surface area contributed by atoms with E-state index in [9.17, 15) is 9.59 Å². The summed E-state index contributed by atoms with van der Waals surface area (Å²) in [6.07, 6.45) is 1.07. The zero-order chi connectivity index (χ0) is 9.84. The van der Waals surface area contributed by atoms with Gasteiger partial charge in [-0.1, -0.05) is 0 Å². The fourth-order valence-corrected chi connectivity index (χ4v) is 0.878. The van der Waals surface area contributed by atoms with Crippen molar-refractivity contribution in [3.8, 4) is 5.75 Å². The van der Waals surface area contributed by atoms with Crippen molar-refractivity contribution in [2.75, 3.05) is 0 Å². The van der Waals surface area contributed by atoms with Gasteiger partial charge in [-0.2, -0.15) is 0 Å². The average Bonchev–Trinajstić information content (AvgIpc) is 2.08. The molecule has 0 unspecified atom stereocenters. The first-order valence-electron chi connectivity index (χ1n) is 3.49. The van der Waals surface area contributed by atoms with Crippen LogP contribution in [-0.4, -0.2) is 5.97 Å². The lowest BCUT2D eigenvalue weighted by Gasteiger charge is -1.99. The van der Waals surface area contributed by atoms with Crippen LogP contribution in [-0.2, 0) is 10.7 Å². The average molecular weight is 203 g/mol. The Morgan fingerprint density at radius 3 is 2.85 bits per heavy atom. The molecule has 13 heavy (non-hydrogen) atoms. The van der Waals surface area contributed by atoms with Crippen LogP contribution in [0.2, 0.25) is 0 Å². The highest BCUT2D eigenvalue weighted by Crippen LogP contribution is 2.07. The Hall–Kier alpha value is -1.29. The lowest BCUT2D eigenvalue weighted by Crippen LogP contribution is -2.11. The number of rotatable bonds is 2. The molecule has 0 amide bonds. The molecule has 0 bridgehead atoms. The molecule has 0 spiro atoms. The number of carbonyl (C=O) groups excluding carboxylic acids is 1. The van der Waals surface area contributed by atoms with E-state index in [-0.39, 0.29) is 11.6 Å². The molecule has 0 N–H and O–H groups in total. The van der Waals surface area contributed by atoms with Crippen LogP contribution in [0.4, 0.5) is 0 Å². The smallest absolute Gasteiger partial charge is 0.308 e. The molecule has 70 valence electrons. The summed E-state index contributed by atoms with van der Waals surface area (Å²) in [5.41, 5.74) is -0.419. The van der Waals surface area contributed by atoms with Gasteiger partial charge in [0.05, 0.1) is 5.88 Å². The summed E-state index contributed by atoms with van der Waals surface area (Å²) in [6.45, 7) is 1.20. The molecule has 0 aliphatic carbocycles. The van der Waals surface area contributed by atoms with Gasteiger partial charge in [-0.05, 0) is 0 Å². The molecule has 0 saturated carbocycles. The molecule has 0 fully saturated rings. The highest BCUT2D eigenvalue weighted by atomic mass is 35.5. The number of hydrogen-bond donors (Lipinski definition) is 0. The molecule has 4 nitrogen and oxygen atoms in total. The zero-order valence-electron chi connectivity index (χ0n) is 6.87. The lowest BCUT2D eigenvalue weighted by atomic mass is 10.4. The van der Waals surface area contributed by atoms with Crippen molar-refractivity contribution in [3.63, 3.8) is 0 Å². The minimum Gasteiger partial charge on any atom is -0.464 e. The SMILES string of the molecule is CC(=O)Oc1coc(CCl)cc1=O. The molecule has 0 atom stereocenters. The monoisotopic (exact) mass is 202 g/mol. The van der Waals surface area contributed by atoms with Gasteiger partial charge in [0.15, 0.2) is 0 Å². The molecule has 0 aliphatic heterocycles. The Balaban J connectivity index is 2.99. The molecule has 0 aromatic carbocycles. The van der Waals surface area contributed by atoms with Gasteiger partial charge in [0, 0.05) is 13.0 Å². The fraction of sp³-hybridized carbons (Fsp3) is 0.250. The lowest BCUT2D eigenvalue weighted by molar-refractivity contribution is -0.132. The van der Waals surface area contributed by atoms with Crippen molar-refractivity contribution in [2.24, 2.45) is 0 Å². The topological polar surface area (TPSA) is 56.5 Å². The van der Waals surface area contributed by atoms with Gasteiger partial charge in [0.1, 0.15) is 12.0 Å². The second-order valence-electron chi connectivity index (χ2n) is 2.30. The Labute approximate surface area is 79.1 Å². The Morgan fingerprint density at radius 1 is 1.69 bits per heavy atom. The first kappa shape index (κ1) is 9.80. The van der Waals surface area contributed by atoms with Gasteiger partial charge < -0.3 is 9.15 Å². The summed E-state index contributed by atoms with van der Waals surface area (Å²) < 4.78 is 9.44. The summed E-state index contributed by atoms with van der Waals surface area (Å²) in [5.74, 6) is -0.245. The number of halogens is 1. The van der Waals surface area contributed by atoms with Gasteiger partial charge in [-0.15, -0.1) is 11.6 Å². The third-order valence-corrected chi connectivity index (χ3v) is 1.50. The van der Waals surface area contributed by atoms with Crippen molar-refractivity contribution in [2.45, 2.75) is 12.8 Å². The van der Waals surface area contributed by atoms with Crippen LogP contribution in [0.1, 0.15) is 12.7 Å². The third-order valence-electron chi connectivity index (χ3n) is 1.24. The minimum atomic E-state index is -0.564. The van der Waals surface area contributed by atoms with E-state index in [0.717, 1.165) is 6.26 Å². The van der Waals surface area contributed by atoms with E-state index in [2.05, 4.69) is 4.74 Å². The summed E-state index contributed by atoms with van der Waals surface area (Å²) in [5, 5.41) is 0. The van der Waals surface area contributed by atoms with Crippen LogP contribution < -0.4 is 10.2 Å². The molecule has 1 aromatic rings. The van der Waals surface area contributed by atoms with Crippen LogP contribution in [0.3, 0.4) is 0 Å². The minimum absolute atomic E-state index is 0.107. The quantitative estimate of drug-likeness (QED) is 0.536. The van der Waals surface area contributed by atoms with Crippen molar-refractivity contribution >= 4 is 17.6 Å². The third kappa shape index (κ3) is 2.59. The van der Waals surface area contributed by atoms with Gasteiger partial charge >= 0.3 is 5.97 Å². The summed E-state index contributed by atoms with van der Waals surface area (Å²) in [4.78, 5) is 21.6. The number of hydrogen-bond acceptors (Lipinski definition) is 4. The molecule has 1 heterocycles. The first-order valence-corrected chi connectivity index (χ1v) is 4.03. The summed E-state index contributed by atoms with van der Waals surface area (Å²) >= 11 is 5.42. The van der Waals surface area contributed by atoms with E-state index in [0.29, 0.717) is 5.76 Å². The number of esters is 1. The molecule has 0 radical (unpaired) electrons. The fourth-order valence-electron chi connectivity index (χ4n) is 0.738. The second kappa shape index (κ2) is 4.09. The molecule has 1 rings (SSSR count). The van der Waals surface area contributed by atoms with Crippen LogP contribution in [0.15, 0.2) is 21.5 Å². The van der Waals surface area contributed by atoms with Gasteiger partial charge in [-0.3, -0.25) is 9.59 Å². The van der Waals surface area contributed by atoms with Crippen molar-refractivity contribution < 1.29 is 13.9 Å². The highest BCUT2D eigenvalue weighted by Gasteiger charge is 2.05. The molecular weight excluding hydrogens is 196 g/mol. The largest absolute Gasteiger partial charge is 0.464 e. The van der Waals surface area contributed by atoms with Crippen LogP contribution in [0, 0.1) is 0 Å².